The quantitative estimate of drug-likeness (QED) is 0.684. The Hall–Kier alpha value is -1.94. The van der Waals surface area contributed by atoms with Crippen LogP contribution < -0.4 is 0 Å². The molecule has 102 valence electrons. The molecule has 0 amide bonds. The molecule has 1 unspecified atom stereocenters. The number of alkyl halides is 1. The predicted molar refractivity (Wildman–Crippen MR) is 77.3 cm³/mol. The largest absolute Gasteiger partial charge is 0.307 e. The summed E-state index contributed by atoms with van der Waals surface area (Å²) in [5, 5.41) is -0.218. The summed E-state index contributed by atoms with van der Waals surface area (Å²) in [5.74, 6) is 0.526. The average Bonchev–Trinajstić information content (AvgIpc) is 2.81. The Morgan fingerprint density at radius 3 is 2.70 bits per heavy atom. The van der Waals surface area contributed by atoms with Crippen LogP contribution in [0.5, 0.6) is 0 Å². The highest BCUT2D eigenvalue weighted by Gasteiger charge is 2.15. The lowest BCUT2D eigenvalue weighted by atomic mass is 10.2. The topological polar surface area (TPSA) is 30.7 Å². The highest BCUT2D eigenvalue weighted by molar-refractivity contribution is 6.20. The molecule has 3 nitrogen and oxygen atoms in total. The van der Waals surface area contributed by atoms with Gasteiger partial charge in [0.1, 0.15) is 17.2 Å². The van der Waals surface area contributed by atoms with Gasteiger partial charge in [0.25, 0.3) is 0 Å². The molecule has 0 saturated carbocycles. The first-order valence-electron chi connectivity index (χ1n) is 6.35. The van der Waals surface area contributed by atoms with Crippen molar-refractivity contribution in [2.75, 3.05) is 0 Å². The molecule has 3 rings (SSSR count). The van der Waals surface area contributed by atoms with Crippen molar-refractivity contribution in [1.29, 1.82) is 0 Å². The van der Waals surface area contributed by atoms with Crippen LogP contribution in [0.3, 0.4) is 0 Å². The van der Waals surface area contributed by atoms with Crippen molar-refractivity contribution in [2.45, 2.75) is 18.8 Å². The van der Waals surface area contributed by atoms with Crippen molar-refractivity contribution in [3.8, 4) is 0 Å². The Labute approximate surface area is 121 Å². The Balaban J connectivity index is 2.09. The molecule has 0 N–H and O–H groups in total. The number of pyridine rings is 1. The molecular weight excluding hydrogens is 277 g/mol. The molecule has 0 spiro atoms. The van der Waals surface area contributed by atoms with Crippen LogP contribution in [0.4, 0.5) is 4.39 Å². The van der Waals surface area contributed by atoms with Crippen molar-refractivity contribution in [3.63, 3.8) is 0 Å². The van der Waals surface area contributed by atoms with Gasteiger partial charge in [0.2, 0.25) is 0 Å². The highest BCUT2D eigenvalue weighted by Crippen LogP contribution is 2.24. The van der Waals surface area contributed by atoms with Crippen LogP contribution in [0, 0.1) is 5.82 Å². The molecule has 0 saturated heterocycles. The summed E-state index contributed by atoms with van der Waals surface area (Å²) in [5.41, 5.74) is 2.59. The van der Waals surface area contributed by atoms with Gasteiger partial charge < -0.3 is 4.57 Å². The van der Waals surface area contributed by atoms with Gasteiger partial charge in [-0.15, -0.1) is 11.6 Å². The first-order valence-corrected chi connectivity index (χ1v) is 6.78. The number of rotatable bonds is 3. The first-order chi connectivity index (χ1) is 9.65. The van der Waals surface area contributed by atoms with E-state index in [0.29, 0.717) is 6.54 Å². The minimum absolute atomic E-state index is 0.218. The van der Waals surface area contributed by atoms with Crippen molar-refractivity contribution in [1.82, 2.24) is 14.5 Å². The van der Waals surface area contributed by atoms with Crippen LogP contribution in [0.2, 0.25) is 0 Å². The molecule has 5 heteroatoms. The van der Waals surface area contributed by atoms with Crippen LogP contribution >= 0.6 is 11.6 Å². The van der Waals surface area contributed by atoms with Gasteiger partial charge in [0.05, 0.1) is 11.9 Å². The number of benzene rings is 1. The van der Waals surface area contributed by atoms with Crippen LogP contribution in [-0.4, -0.2) is 14.5 Å². The highest BCUT2D eigenvalue weighted by atomic mass is 35.5. The summed E-state index contributed by atoms with van der Waals surface area (Å²) in [6.45, 7) is 2.45. The lowest BCUT2D eigenvalue weighted by molar-refractivity contribution is 0.626. The van der Waals surface area contributed by atoms with Gasteiger partial charge in [-0.3, -0.25) is 0 Å². The summed E-state index contributed by atoms with van der Waals surface area (Å²) in [6.07, 6.45) is 1.73. The lowest BCUT2D eigenvalue weighted by Gasteiger charge is -2.10. The molecule has 0 fully saturated rings. The SMILES string of the molecule is CC(Cl)c1nc2cccnc2n1Cc1ccc(F)cc1. The Kier molecular flexibility index (Phi) is 3.40. The Morgan fingerprint density at radius 1 is 1.25 bits per heavy atom. The molecular formula is C15H13ClFN3. The summed E-state index contributed by atoms with van der Waals surface area (Å²) < 4.78 is 14.9. The van der Waals surface area contributed by atoms with Crippen LogP contribution in [0.15, 0.2) is 42.6 Å². The van der Waals surface area contributed by atoms with Crippen LogP contribution in [0.25, 0.3) is 11.2 Å². The van der Waals surface area contributed by atoms with Crippen molar-refractivity contribution >= 4 is 22.8 Å². The van der Waals surface area contributed by atoms with Gasteiger partial charge in [-0.2, -0.15) is 0 Å². The number of aromatic nitrogens is 3. The van der Waals surface area contributed by atoms with Crippen LogP contribution in [-0.2, 0) is 6.54 Å². The number of halogens is 2. The smallest absolute Gasteiger partial charge is 0.160 e. The fourth-order valence-electron chi connectivity index (χ4n) is 2.21. The van der Waals surface area contributed by atoms with E-state index in [2.05, 4.69) is 9.97 Å². The van der Waals surface area contributed by atoms with Crippen molar-refractivity contribution in [2.24, 2.45) is 0 Å². The van der Waals surface area contributed by atoms with E-state index in [1.54, 1.807) is 18.3 Å². The lowest BCUT2D eigenvalue weighted by Crippen LogP contribution is -2.06. The molecule has 0 aliphatic rings. The summed E-state index contributed by atoms with van der Waals surface area (Å²) in [4.78, 5) is 8.89. The van der Waals surface area contributed by atoms with Gasteiger partial charge in [-0.1, -0.05) is 12.1 Å². The molecule has 0 aliphatic heterocycles. The van der Waals surface area contributed by atoms with E-state index < -0.39 is 0 Å². The molecule has 20 heavy (non-hydrogen) atoms. The third-order valence-corrected chi connectivity index (χ3v) is 3.34. The zero-order chi connectivity index (χ0) is 14.1. The van der Waals surface area contributed by atoms with Gasteiger partial charge >= 0.3 is 0 Å². The van der Waals surface area contributed by atoms with Gasteiger partial charge in [0, 0.05) is 6.20 Å². The van der Waals surface area contributed by atoms with Gasteiger partial charge in [-0.05, 0) is 36.8 Å². The molecule has 1 atom stereocenters. The maximum Gasteiger partial charge on any atom is 0.160 e. The zero-order valence-corrected chi connectivity index (χ0v) is 11.7. The molecule has 1 aromatic carbocycles. The normalized spacial score (nSPS) is 12.8. The van der Waals surface area contributed by atoms with E-state index >= 15 is 0 Å². The zero-order valence-electron chi connectivity index (χ0n) is 10.9. The van der Waals surface area contributed by atoms with E-state index in [1.165, 1.54) is 12.1 Å². The summed E-state index contributed by atoms with van der Waals surface area (Å²) in [6, 6.07) is 10.2. The maximum absolute atomic E-state index is 13.0. The number of hydrogen-bond donors (Lipinski definition) is 0. The van der Waals surface area contributed by atoms with Crippen LogP contribution in [0.1, 0.15) is 23.7 Å². The van der Waals surface area contributed by atoms with Gasteiger partial charge in [-0.25, -0.2) is 14.4 Å². The van der Waals surface area contributed by atoms with E-state index in [9.17, 15) is 4.39 Å². The average molecular weight is 290 g/mol. The monoisotopic (exact) mass is 289 g/mol. The fraction of sp³-hybridized carbons (Fsp3) is 0.200. The second-order valence-corrected chi connectivity index (χ2v) is 5.30. The minimum Gasteiger partial charge on any atom is -0.307 e. The molecule has 3 aromatic rings. The molecule has 2 aromatic heterocycles. The van der Waals surface area contributed by atoms with Crippen molar-refractivity contribution in [3.05, 3.63) is 59.8 Å². The van der Waals surface area contributed by atoms with Gasteiger partial charge in [0.15, 0.2) is 5.65 Å². The number of imidazole rings is 1. The third-order valence-electron chi connectivity index (χ3n) is 3.14. The minimum atomic E-state index is -0.242. The Morgan fingerprint density at radius 2 is 2.00 bits per heavy atom. The maximum atomic E-state index is 13.0. The first kappa shape index (κ1) is 13.1. The number of nitrogens with zero attached hydrogens (tertiary/aromatic N) is 3. The predicted octanol–water partition coefficient (Wildman–Crippen LogP) is 3.92. The standard InChI is InChI=1S/C15H13ClFN3/c1-10(16)14-19-13-3-2-8-18-15(13)20(14)9-11-4-6-12(17)7-5-11/h2-8,10H,9H2,1H3. The molecule has 2 heterocycles. The second kappa shape index (κ2) is 5.21. The summed E-state index contributed by atoms with van der Waals surface area (Å²) >= 11 is 6.20. The number of hydrogen-bond acceptors (Lipinski definition) is 2. The van der Waals surface area contributed by atoms with Crippen molar-refractivity contribution < 1.29 is 4.39 Å². The third kappa shape index (κ3) is 2.39. The second-order valence-electron chi connectivity index (χ2n) is 4.64. The number of fused-ring (bicyclic) bond motifs is 1. The summed E-state index contributed by atoms with van der Waals surface area (Å²) in [7, 11) is 0. The molecule has 0 bridgehead atoms. The molecule has 0 radical (unpaired) electrons. The Bertz CT molecular complexity index is 734. The molecule has 0 aliphatic carbocycles. The van der Waals surface area contributed by atoms with E-state index in [-0.39, 0.29) is 11.2 Å². The fourth-order valence-corrected chi connectivity index (χ4v) is 2.37. The van der Waals surface area contributed by atoms with E-state index in [4.69, 9.17) is 11.6 Å². The van der Waals surface area contributed by atoms with E-state index in [1.807, 2.05) is 23.6 Å². The van der Waals surface area contributed by atoms with E-state index in [0.717, 1.165) is 22.6 Å².